The molecule has 5 heteroatoms. The van der Waals surface area contributed by atoms with Crippen molar-refractivity contribution in [1.29, 1.82) is 0 Å². The summed E-state index contributed by atoms with van der Waals surface area (Å²) in [5, 5.41) is 0.706. The highest BCUT2D eigenvalue weighted by Crippen LogP contribution is 2.50. The Balaban J connectivity index is 1.69. The molecule has 1 aromatic carbocycles. The summed E-state index contributed by atoms with van der Waals surface area (Å²) in [4.78, 5) is 15.0. The van der Waals surface area contributed by atoms with Crippen LogP contribution >= 0.6 is 11.6 Å². The third-order valence-corrected chi connectivity index (χ3v) is 4.88. The summed E-state index contributed by atoms with van der Waals surface area (Å²) in [6.07, 6.45) is 2.76. The number of methoxy groups -OCH3 is 1. The number of rotatable bonds is 5. The molecule has 0 spiro atoms. The average molecular weight is 324 g/mol. The second kappa shape index (κ2) is 6.57. The van der Waals surface area contributed by atoms with E-state index in [1.165, 1.54) is 0 Å². The lowest BCUT2D eigenvalue weighted by Gasteiger charge is -2.35. The molecule has 4 nitrogen and oxygen atoms in total. The highest BCUT2D eigenvalue weighted by molar-refractivity contribution is 6.30. The van der Waals surface area contributed by atoms with E-state index in [4.69, 9.17) is 21.1 Å². The Morgan fingerprint density at radius 1 is 1.41 bits per heavy atom. The monoisotopic (exact) mass is 323 g/mol. The molecular weight excluding hydrogens is 302 g/mol. The van der Waals surface area contributed by atoms with Crippen molar-refractivity contribution in [2.75, 3.05) is 33.4 Å². The predicted molar refractivity (Wildman–Crippen MR) is 85.2 cm³/mol. The molecule has 120 valence electrons. The van der Waals surface area contributed by atoms with Gasteiger partial charge in [-0.2, -0.15) is 0 Å². The van der Waals surface area contributed by atoms with E-state index >= 15 is 0 Å². The molecule has 1 aliphatic carbocycles. The van der Waals surface area contributed by atoms with Crippen molar-refractivity contribution in [1.82, 2.24) is 4.90 Å². The third kappa shape index (κ3) is 3.14. The van der Waals surface area contributed by atoms with E-state index < -0.39 is 0 Å². The number of carbonyl (C=O) groups excluding carboxylic acids is 1. The smallest absolute Gasteiger partial charge is 0.233 e. The largest absolute Gasteiger partial charge is 0.385 e. The highest BCUT2D eigenvalue weighted by Gasteiger charge is 2.53. The SMILES string of the molecule is COCC[C@@H]1CN(C(=O)C2(c3ccc(Cl)cc3)CC2)CCO1. The minimum Gasteiger partial charge on any atom is -0.385 e. The van der Waals surface area contributed by atoms with Crippen molar-refractivity contribution in [3.63, 3.8) is 0 Å². The molecule has 1 amide bonds. The number of hydrogen-bond donors (Lipinski definition) is 0. The molecule has 0 bridgehead atoms. The van der Waals surface area contributed by atoms with Crippen molar-refractivity contribution in [2.24, 2.45) is 0 Å². The standard InChI is InChI=1S/C17H22ClNO3/c1-21-10-6-15-12-19(9-11-22-15)16(20)17(7-8-17)13-2-4-14(18)5-3-13/h2-5,15H,6-12H2,1H3/t15-/m1/s1. The van der Waals surface area contributed by atoms with Crippen LogP contribution in [0.2, 0.25) is 5.02 Å². The molecule has 0 N–H and O–H groups in total. The van der Waals surface area contributed by atoms with Gasteiger partial charge in [-0.3, -0.25) is 4.79 Å². The van der Waals surface area contributed by atoms with Crippen LogP contribution in [0.1, 0.15) is 24.8 Å². The van der Waals surface area contributed by atoms with Gasteiger partial charge in [0.15, 0.2) is 0 Å². The number of hydrogen-bond acceptors (Lipinski definition) is 3. The molecule has 1 heterocycles. The van der Waals surface area contributed by atoms with Crippen LogP contribution in [0.5, 0.6) is 0 Å². The first-order valence-corrected chi connectivity index (χ1v) is 8.19. The van der Waals surface area contributed by atoms with Gasteiger partial charge in [0.05, 0.1) is 18.1 Å². The Bertz CT molecular complexity index is 527. The molecule has 0 unspecified atom stereocenters. The minimum absolute atomic E-state index is 0.0821. The Labute approximate surface area is 136 Å². The van der Waals surface area contributed by atoms with Crippen LogP contribution in [0, 0.1) is 0 Å². The average Bonchev–Trinajstić information content (AvgIpc) is 3.35. The van der Waals surface area contributed by atoms with E-state index in [9.17, 15) is 4.79 Å². The van der Waals surface area contributed by atoms with Crippen LogP contribution in [-0.4, -0.2) is 50.3 Å². The summed E-state index contributed by atoms with van der Waals surface area (Å²) in [6, 6.07) is 7.70. The van der Waals surface area contributed by atoms with E-state index in [0.717, 1.165) is 24.8 Å². The second-order valence-corrected chi connectivity index (χ2v) is 6.55. The number of morpholine rings is 1. The number of halogens is 1. The number of carbonyl (C=O) groups is 1. The van der Waals surface area contributed by atoms with Gasteiger partial charge in [-0.1, -0.05) is 23.7 Å². The molecule has 0 aromatic heterocycles. The lowest BCUT2D eigenvalue weighted by Crippen LogP contribution is -2.49. The van der Waals surface area contributed by atoms with Gasteiger partial charge >= 0.3 is 0 Å². The maximum absolute atomic E-state index is 13.0. The van der Waals surface area contributed by atoms with Gasteiger partial charge < -0.3 is 14.4 Å². The fraction of sp³-hybridized carbons (Fsp3) is 0.588. The molecule has 1 aliphatic heterocycles. The first-order chi connectivity index (χ1) is 10.7. The van der Waals surface area contributed by atoms with Crippen molar-refractivity contribution < 1.29 is 14.3 Å². The topological polar surface area (TPSA) is 38.8 Å². The predicted octanol–water partition coefficient (Wildman–Crippen LogP) is 2.64. The maximum atomic E-state index is 13.0. The Morgan fingerprint density at radius 3 is 2.77 bits per heavy atom. The Hall–Kier alpha value is -1.10. The Morgan fingerprint density at radius 2 is 2.14 bits per heavy atom. The van der Waals surface area contributed by atoms with Crippen LogP contribution in [0.15, 0.2) is 24.3 Å². The summed E-state index contributed by atoms with van der Waals surface area (Å²) in [6.45, 7) is 2.61. The van der Waals surface area contributed by atoms with E-state index in [0.29, 0.717) is 31.3 Å². The lowest BCUT2D eigenvalue weighted by atomic mass is 9.94. The first-order valence-electron chi connectivity index (χ1n) is 7.82. The van der Waals surface area contributed by atoms with Crippen LogP contribution in [0.3, 0.4) is 0 Å². The van der Waals surface area contributed by atoms with Crippen molar-refractivity contribution in [3.8, 4) is 0 Å². The van der Waals surface area contributed by atoms with Gasteiger partial charge in [0, 0.05) is 31.8 Å². The second-order valence-electron chi connectivity index (χ2n) is 6.11. The van der Waals surface area contributed by atoms with Gasteiger partial charge in [-0.05, 0) is 37.0 Å². The zero-order valence-electron chi connectivity index (χ0n) is 12.9. The molecule has 2 fully saturated rings. The third-order valence-electron chi connectivity index (χ3n) is 4.63. The highest BCUT2D eigenvalue weighted by atomic mass is 35.5. The zero-order valence-corrected chi connectivity index (χ0v) is 13.6. The van der Waals surface area contributed by atoms with Gasteiger partial charge in [0.1, 0.15) is 0 Å². The summed E-state index contributed by atoms with van der Waals surface area (Å²) in [5.74, 6) is 0.237. The zero-order chi connectivity index (χ0) is 15.6. The van der Waals surface area contributed by atoms with E-state index in [-0.39, 0.29) is 17.4 Å². The summed E-state index contributed by atoms with van der Waals surface area (Å²) in [5.41, 5.74) is 0.759. The van der Waals surface area contributed by atoms with Gasteiger partial charge in [-0.15, -0.1) is 0 Å². The van der Waals surface area contributed by atoms with Gasteiger partial charge in [-0.25, -0.2) is 0 Å². The first kappa shape index (κ1) is 15.8. The van der Waals surface area contributed by atoms with Crippen molar-refractivity contribution >= 4 is 17.5 Å². The molecular formula is C17H22ClNO3. The number of nitrogens with zero attached hydrogens (tertiary/aromatic N) is 1. The molecule has 1 saturated carbocycles. The number of amides is 1. The summed E-state index contributed by atoms with van der Waals surface area (Å²) >= 11 is 5.95. The van der Waals surface area contributed by atoms with E-state index in [1.807, 2.05) is 29.2 Å². The van der Waals surface area contributed by atoms with Crippen molar-refractivity contribution in [3.05, 3.63) is 34.9 Å². The molecule has 22 heavy (non-hydrogen) atoms. The van der Waals surface area contributed by atoms with Crippen LogP contribution in [0.25, 0.3) is 0 Å². The van der Waals surface area contributed by atoms with Crippen LogP contribution in [-0.2, 0) is 19.7 Å². The van der Waals surface area contributed by atoms with E-state index in [2.05, 4.69) is 0 Å². The van der Waals surface area contributed by atoms with E-state index in [1.54, 1.807) is 7.11 Å². The number of benzene rings is 1. The molecule has 3 rings (SSSR count). The maximum Gasteiger partial charge on any atom is 0.233 e. The normalized spacial score (nSPS) is 23.4. The van der Waals surface area contributed by atoms with Gasteiger partial charge in [0.25, 0.3) is 0 Å². The minimum atomic E-state index is -0.326. The quantitative estimate of drug-likeness (QED) is 0.836. The summed E-state index contributed by atoms with van der Waals surface area (Å²) < 4.78 is 10.8. The fourth-order valence-electron chi connectivity index (χ4n) is 3.15. The molecule has 0 radical (unpaired) electrons. The molecule has 1 saturated heterocycles. The molecule has 2 aliphatic rings. The van der Waals surface area contributed by atoms with Crippen LogP contribution in [0.4, 0.5) is 0 Å². The molecule has 1 aromatic rings. The number of ether oxygens (including phenoxy) is 2. The molecule has 1 atom stereocenters. The van der Waals surface area contributed by atoms with Crippen LogP contribution < -0.4 is 0 Å². The van der Waals surface area contributed by atoms with Gasteiger partial charge in [0.2, 0.25) is 5.91 Å². The summed E-state index contributed by atoms with van der Waals surface area (Å²) in [7, 11) is 1.69. The fourth-order valence-corrected chi connectivity index (χ4v) is 3.28. The Kier molecular flexibility index (Phi) is 4.71. The lowest BCUT2D eigenvalue weighted by molar-refractivity contribution is -0.142. The van der Waals surface area contributed by atoms with Crippen molar-refractivity contribution in [2.45, 2.75) is 30.8 Å².